The Morgan fingerprint density at radius 1 is 0.600 bits per heavy atom. The van der Waals surface area contributed by atoms with Gasteiger partial charge in [-0.3, -0.25) is 0 Å². The molecule has 0 aliphatic heterocycles. The molecule has 6 nitrogen and oxygen atoms in total. The number of fused-ring (bicyclic) bond motifs is 10. The van der Waals surface area contributed by atoms with Gasteiger partial charge in [-0.1, -0.05) is 91.0 Å². The second kappa shape index (κ2) is 12.0. The van der Waals surface area contributed by atoms with Crippen LogP contribution in [0.2, 0.25) is 0 Å². The fraction of sp³-hybridized carbons (Fsp3) is 0. The molecule has 0 N–H and O–H groups in total. The molecule has 11 aromatic rings. The Balaban J connectivity index is 1.16. The first-order valence-corrected chi connectivity index (χ1v) is 18.6. The minimum atomic E-state index is 0.351. The first kappa shape index (κ1) is 31.0. The number of benzene rings is 7. The van der Waals surface area contributed by atoms with Crippen LogP contribution < -0.4 is 0 Å². The van der Waals surface area contributed by atoms with Gasteiger partial charge in [0.05, 0.1) is 40.1 Å². The van der Waals surface area contributed by atoms with Crippen molar-refractivity contribution in [1.82, 2.24) is 14.5 Å². The van der Waals surface area contributed by atoms with E-state index < -0.39 is 0 Å². The molecule has 55 heavy (non-hydrogen) atoms. The Morgan fingerprint density at radius 2 is 1.31 bits per heavy atom. The van der Waals surface area contributed by atoms with Gasteiger partial charge in [0, 0.05) is 47.5 Å². The Morgan fingerprint density at radius 3 is 2.15 bits per heavy atom. The lowest BCUT2D eigenvalue weighted by molar-refractivity contribution is 0.669. The molecule has 0 aliphatic rings. The van der Waals surface area contributed by atoms with E-state index in [4.69, 9.17) is 21.0 Å². The maximum atomic E-state index is 10.7. The van der Waals surface area contributed by atoms with Crippen molar-refractivity contribution in [1.29, 1.82) is 5.26 Å². The molecule has 0 radical (unpaired) electrons. The van der Waals surface area contributed by atoms with Gasteiger partial charge in [0.2, 0.25) is 5.69 Å². The second-order valence-corrected chi connectivity index (χ2v) is 14.6. The summed E-state index contributed by atoms with van der Waals surface area (Å²) in [6.45, 7) is 8.50. The van der Waals surface area contributed by atoms with E-state index in [1.54, 1.807) is 11.3 Å². The summed E-state index contributed by atoms with van der Waals surface area (Å²) >= 11 is 1.76. The summed E-state index contributed by atoms with van der Waals surface area (Å²) in [4.78, 5) is 14.3. The van der Waals surface area contributed by atoms with Gasteiger partial charge in [0.25, 0.3) is 0 Å². The van der Waals surface area contributed by atoms with Crippen molar-refractivity contribution < 1.29 is 4.42 Å². The largest absolute Gasteiger partial charge is 0.456 e. The first-order valence-electron chi connectivity index (χ1n) is 17.8. The monoisotopic (exact) mass is 719 g/mol. The molecule has 7 heteroatoms. The number of para-hydroxylation sites is 2. The number of aromatic nitrogens is 3. The molecule has 7 aromatic carbocycles. The van der Waals surface area contributed by atoms with Gasteiger partial charge in [0.15, 0.2) is 5.82 Å². The topological polar surface area (TPSA) is 72.0 Å². The van der Waals surface area contributed by atoms with Crippen LogP contribution in [0.3, 0.4) is 0 Å². The van der Waals surface area contributed by atoms with Gasteiger partial charge in [-0.05, 0) is 66.2 Å². The van der Waals surface area contributed by atoms with Crippen LogP contribution in [0.5, 0.6) is 0 Å². The minimum Gasteiger partial charge on any atom is -0.456 e. The second-order valence-electron chi connectivity index (χ2n) is 13.5. The van der Waals surface area contributed by atoms with Crippen LogP contribution in [-0.2, 0) is 0 Å². The molecule has 0 spiro atoms. The summed E-state index contributed by atoms with van der Waals surface area (Å²) < 4.78 is 10.9. The van der Waals surface area contributed by atoms with E-state index in [1.165, 1.54) is 14.8 Å². The van der Waals surface area contributed by atoms with Crippen LogP contribution in [0.1, 0.15) is 5.56 Å². The van der Waals surface area contributed by atoms with Crippen LogP contribution in [0.4, 0.5) is 5.69 Å². The number of nitriles is 1. The SMILES string of the molecule is [C-]#[N+]c1cc(-c2nc(-c3ccc4sc5ccccc5c4c3)nc(-c3ccccc3)c2C#N)ccc1-n1c2ccccc2c2ccc3oc4ccccc4c3c21. The summed E-state index contributed by atoms with van der Waals surface area (Å²) in [6, 6.07) is 53.2. The minimum absolute atomic E-state index is 0.351. The van der Waals surface area contributed by atoms with E-state index in [1.807, 2.05) is 91.0 Å². The zero-order valence-electron chi connectivity index (χ0n) is 29.0. The third kappa shape index (κ3) is 4.65. The quantitative estimate of drug-likeness (QED) is 0.170. The summed E-state index contributed by atoms with van der Waals surface area (Å²) in [7, 11) is 0. The predicted octanol–water partition coefficient (Wildman–Crippen LogP) is 13.3. The van der Waals surface area contributed by atoms with Crippen molar-refractivity contribution in [3.63, 3.8) is 0 Å². The van der Waals surface area contributed by atoms with Crippen molar-refractivity contribution in [3.8, 4) is 45.7 Å². The smallest absolute Gasteiger partial charge is 0.211 e. The summed E-state index contributed by atoms with van der Waals surface area (Å²) in [5.74, 6) is 0.509. The van der Waals surface area contributed by atoms with E-state index in [0.29, 0.717) is 34.0 Å². The molecular formula is C48H25N5OS. The van der Waals surface area contributed by atoms with Gasteiger partial charge in [-0.25, -0.2) is 14.8 Å². The summed E-state index contributed by atoms with van der Waals surface area (Å²) in [6.07, 6.45) is 0. The lowest BCUT2D eigenvalue weighted by Gasteiger charge is -2.15. The fourth-order valence-electron chi connectivity index (χ4n) is 8.04. The maximum Gasteiger partial charge on any atom is 0.211 e. The maximum absolute atomic E-state index is 10.7. The van der Waals surface area contributed by atoms with E-state index in [-0.39, 0.29) is 0 Å². The number of nitrogens with zero attached hydrogens (tertiary/aromatic N) is 5. The van der Waals surface area contributed by atoms with Crippen molar-refractivity contribution in [2.24, 2.45) is 0 Å². The highest BCUT2D eigenvalue weighted by Crippen LogP contribution is 2.44. The number of thiophene rings is 1. The number of hydrogen-bond donors (Lipinski definition) is 0. The van der Waals surface area contributed by atoms with Gasteiger partial charge in [-0.2, -0.15) is 5.26 Å². The van der Waals surface area contributed by atoms with Crippen LogP contribution >= 0.6 is 11.3 Å². The molecule has 0 bridgehead atoms. The molecule has 4 aromatic heterocycles. The molecule has 11 rings (SSSR count). The molecule has 0 fully saturated rings. The van der Waals surface area contributed by atoms with Crippen LogP contribution in [0, 0.1) is 17.9 Å². The Bertz CT molecular complexity index is 3470. The van der Waals surface area contributed by atoms with Crippen molar-refractivity contribution in [2.45, 2.75) is 0 Å². The molecule has 0 aliphatic carbocycles. The van der Waals surface area contributed by atoms with Crippen molar-refractivity contribution >= 4 is 80.9 Å². The normalized spacial score (nSPS) is 11.6. The molecule has 0 saturated heterocycles. The fourth-order valence-corrected chi connectivity index (χ4v) is 9.13. The van der Waals surface area contributed by atoms with E-state index in [0.717, 1.165) is 65.9 Å². The zero-order chi connectivity index (χ0) is 36.6. The molecule has 0 saturated carbocycles. The van der Waals surface area contributed by atoms with Crippen LogP contribution in [0.15, 0.2) is 156 Å². The van der Waals surface area contributed by atoms with E-state index in [2.05, 4.69) is 76.1 Å². The number of rotatable bonds is 4. The average molecular weight is 720 g/mol. The zero-order valence-corrected chi connectivity index (χ0v) is 29.8. The van der Waals surface area contributed by atoms with Crippen molar-refractivity contribution in [2.75, 3.05) is 0 Å². The lowest BCUT2D eigenvalue weighted by atomic mass is 9.99. The summed E-state index contributed by atoms with van der Waals surface area (Å²) in [5, 5.41) is 17.2. The third-order valence-electron chi connectivity index (χ3n) is 10.5. The molecular weight excluding hydrogens is 695 g/mol. The summed E-state index contributed by atoms with van der Waals surface area (Å²) in [5.41, 5.74) is 8.42. The Labute approximate surface area is 318 Å². The first-order chi connectivity index (χ1) is 27.2. The highest BCUT2D eigenvalue weighted by Gasteiger charge is 2.23. The van der Waals surface area contributed by atoms with Gasteiger partial charge < -0.3 is 8.98 Å². The highest BCUT2D eigenvalue weighted by molar-refractivity contribution is 7.25. The lowest BCUT2D eigenvalue weighted by Crippen LogP contribution is -2.01. The molecule has 0 atom stereocenters. The third-order valence-corrected chi connectivity index (χ3v) is 11.6. The van der Waals surface area contributed by atoms with Crippen LogP contribution in [-0.4, -0.2) is 14.5 Å². The predicted molar refractivity (Wildman–Crippen MR) is 224 cm³/mol. The van der Waals surface area contributed by atoms with Crippen molar-refractivity contribution in [3.05, 3.63) is 169 Å². The Hall–Kier alpha value is -7.58. The molecule has 4 heterocycles. The van der Waals surface area contributed by atoms with Gasteiger partial charge >= 0.3 is 0 Å². The van der Waals surface area contributed by atoms with E-state index in [9.17, 15) is 5.26 Å². The van der Waals surface area contributed by atoms with E-state index >= 15 is 0 Å². The highest BCUT2D eigenvalue weighted by atomic mass is 32.1. The number of hydrogen-bond acceptors (Lipinski definition) is 5. The molecule has 0 unspecified atom stereocenters. The Kier molecular flexibility index (Phi) is 6.75. The average Bonchev–Trinajstić information content (AvgIpc) is 3.92. The van der Waals surface area contributed by atoms with Crippen LogP contribution in [0.25, 0.3) is 108 Å². The molecule has 254 valence electrons. The van der Waals surface area contributed by atoms with Gasteiger partial charge in [-0.15, -0.1) is 11.3 Å². The standard InChI is InChI=1S/C48H25N5OS/c1-50-37-26-29(19-22-39(37)53-38-16-8-5-13-31(38)33-21-23-41-44(47(33)53)34-15-6-9-17-40(34)54-41)46-36(27-49)45(28-11-3-2-4-12-28)51-48(52-46)30-20-24-43-35(25-30)32-14-7-10-18-42(32)55-43/h2-26H. The number of furan rings is 1. The van der Waals surface area contributed by atoms with Gasteiger partial charge in [0.1, 0.15) is 22.8 Å². The molecule has 0 amide bonds.